The third-order valence-electron chi connectivity index (χ3n) is 1.65. The molecule has 2 aromatic heterocycles. The van der Waals surface area contributed by atoms with Gasteiger partial charge in [0.2, 0.25) is 10.1 Å². The molecule has 2 aromatic rings. The van der Waals surface area contributed by atoms with Crippen LogP contribution in [0.15, 0.2) is 18.7 Å². The third kappa shape index (κ3) is 2.28. The molecule has 82 valence electrons. The Kier molecular flexibility index (Phi) is 3.01. The highest BCUT2D eigenvalue weighted by atomic mass is 32.1. The van der Waals surface area contributed by atoms with Crippen molar-refractivity contribution in [2.45, 2.75) is 0 Å². The summed E-state index contributed by atoms with van der Waals surface area (Å²) in [6.45, 7) is 0. The topological polar surface area (TPSA) is 92.7 Å². The van der Waals surface area contributed by atoms with Crippen molar-refractivity contribution in [3.05, 3.63) is 23.7 Å². The summed E-state index contributed by atoms with van der Waals surface area (Å²) >= 11 is 1.17. The van der Waals surface area contributed by atoms with Gasteiger partial charge in [0.1, 0.15) is 6.33 Å². The van der Waals surface area contributed by atoms with Crippen molar-refractivity contribution in [1.29, 1.82) is 0 Å². The van der Waals surface area contributed by atoms with Gasteiger partial charge in [-0.3, -0.25) is 4.79 Å². The average Bonchev–Trinajstić information content (AvgIpc) is 2.79. The smallest absolute Gasteiger partial charge is 0.286 e. The first kappa shape index (κ1) is 10.4. The molecule has 0 bridgehead atoms. The van der Waals surface area contributed by atoms with E-state index in [1.165, 1.54) is 30.1 Å². The second kappa shape index (κ2) is 4.62. The zero-order valence-corrected chi connectivity index (χ0v) is 9.15. The number of anilines is 2. The van der Waals surface area contributed by atoms with Crippen LogP contribution < -0.4 is 10.6 Å². The molecule has 0 aliphatic carbocycles. The van der Waals surface area contributed by atoms with Gasteiger partial charge in [0.05, 0.1) is 18.1 Å². The van der Waals surface area contributed by atoms with Crippen LogP contribution in [0.1, 0.15) is 9.80 Å². The number of hydrogen-bond donors (Lipinski definition) is 2. The predicted octanol–water partition coefficient (Wildman–Crippen LogP) is 0.622. The Morgan fingerprint density at radius 3 is 2.69 bits per heavy atom. The number of aromatic nitrogens is 4. The van der Waals surface area contributed by atoms with E-state index in [1.54, 1.807) is 7.05 Å². The van der Waals surface area contributed by atoms with Gasteiger partial charge in [-0.2, -0.15) is 0 Å². The van der Waals surface area contributed by atoms with Gasteiger partial charge in [-0.25, -0.2) is 9.97 Å². The van der Waals surface area contributed by atoms with E-state index in [2.05, 4.69) is 30.8 Å². The largest absolute Gasteiger partial charge is 0.363 e. The number of carbonyl (C=O) groups excluding carboxylic acids is 1. The van der Waals surface area contributed by atoms with Crippen molar-refractivity contribution in [1.82, 2.24) is 20.2 Å². The monoisotopic (exact) mass is 236 g/mol. The van der Waals surface area contributed by atoms with E-state index in [9.17, 15) is 4.79 Å². The Labute approximate surface area is 95.0 Å². The van der Waals surface area contributed by atoms with Gasteiger partial charge in [0.15, 0.2) is 0 Å². The molecule has 0 unspecified atom stereocenters. The third-order valence-corrected chi connectivity index (χ3v) is 2.59. The van der Waals surface area contributed by atoms with Crippen LogP contribution in [0.5, 0.6) is 0 Å². The Morgan fingerprint density at radius 2 is 2.06 bits per heavy atom. The highest BCUT2D eigenvalue weighted by Crippen LogP contribution is 2.15. The number of hydrogen-bond acceptors (Lipinski definition) is 7. The molecule has 0 aliphatic rings. The number of nitrogens with one attached hydrogen (secondary N) is 2. The molecule has 0 radical (unpaired) electrons. The van der Waals surface area contributed by atoms with E-state index >= 15 is 0 Å². The van der Waals surface area contributed by atoms with Crippen LogP contribution in [0.25, 0.3) is 0 Å². The Morgan fingerprint density at radius 1 is 1.31 bits per heavy atom. The highest BCUT2D eigenvalue weighted by molar-refractivity contribution is 7.17. The highest BCUT2D eigenvalue weighted by Gasteiger charge is 2.12. The molecule has 1 amide bonds. The molecular weight excluding hydrogens is 228 g/mol. The van der Waals surface area contributed by atoms with Gasteiger partial charge in [0, 0.05) is 7.05 Å². The summed E-state index contributed by atoms with van der Waals surface area (Å²) in [5.74, 6) is -0.325. The maximum absolute atomic E-state index is 11.7. The van der Waals surface area contributed by atoms with E-state index in [-0.39, 0.29) is 10.9 Å². The molecule has 0 saturated heterocycles. The van der Waals surface area contributed by atoms with Crippen molar-refractivity contribution < 1.29 is 4.79 Å². The van der Waals surface area contributed by atoms with E-state index in [0.717, 1.165) is 0 Å². The van der Waals surface area contributed by atoms with E-state index in [4.69, 9.17) is 0 Å². The lowest BCUT2D eigenvalue weighted by atomic mass is 10.5. The summed E-state index contributed by atoms with van der Waals surface area (Å²) in [5, 5.41) is 13.8. The number of carbonyl (C=O) groups is 1. The van der Waals surface area contributed by atoms with E-state index in [1.807, 2.05) is 0 Å². The fourth-order valence-corrected chi connectivity index (χ4v) is 1.56. The van der Waals surface area contributed by atoms with E-state index in [0.29, 0.717) is 10.8 Å². The van der Waals surface area contributed by atoms with Gasteiger partial charge in [-0.1, -0.05) is 11.3 Å². The van der Waals surface area contributed by atoms with Crippen LogP contribution in [-0.4, -0.2) is 33.1 Å². The van der Waals surface area contributed by atoms with Gasteiger partial charge < -0.3 is 10.6 Å². The van der Waals surface area contributed by atoms with Gasteiger partial charge in [-0.05, 0) is 0 Å². The Hall–Kier alpha value is -2.09. The molecule has 0 aliphatic heterocycles. The summed E-state index contributed by atoms with van der Waals surface area (Å²) in [7, 11) is 1.72. The molecule has 2 rings (SSSR count). The predicted molar refractivity (Wildman–Crippen MR) is 59.4 cm³/mol. The minimum Gasteiger partial charge on any atom is -0.363 e. The Balaban J connectivity index is 2.09. The second-order valence-corrected chi connectivity index (χ2v) is 3.72. The second-order valence-electron chi connectivity index (χ2n) is 2.74. The maximum atomic E-state index is 11.7. The molecule has 0 aromatic carbocycles. The lowest BCUT2D eigenvalue weighted by Gasteiger charge is -1.99. The Bertz CT molecular complexity index is 484. The normalized spacial score (nSPS) is 9.81. The summed E-state index contributed by atoms with van der Waals surface area (Å²) < 4.78 is 0. The summed E-state index contributed by atoms with van der Waals surface area (Å²) in [4.78, 5) is 19.2. The van der Waals surface area contributed by atoms with Gasteiger partial charge >= 0.3 is 0 Å². The minimum atomic E-state index is -0.325. The van der Waals surface area contributed by atoms with Crippen molar-refractivity contribution in [3.63, 3.8) is 0 Å². The van der Waals surface area contributed by atoms with Crippen LogP contribution in [0, 0.1) is 0 Å². The van der Waals surface area contributed by atoms with Gasteiger partial charge in [0.25, 0.3) is 5.91 Å². The summed E-state index contributed by atoms with van der Waals surface area (Å²) in [5.41, 5.74) is 0.522. The van der Waals surface area contributed by atoms with Crippen molar-refractivity contribution >= 4 is 28.1 Å². The maximum Gasteiger partial charge on any atom is 0.286 e. The standard InChI is InChI=1S/C8H8N6OS/c1-9-8-14-13-7(16-8)6(15)12-5-2-10-4-11-3-5/h2-4H,1H3,(H,9,14)(H,12,15). The molecule has 0 atom stereocenters. The fraction of sp³-hybridized carbons (Fsp3) is 0.125. The van der Waals surface area contributed by atoms with Crippen LogP contribution in [0.4, 0.5) is 10.8 Å². The first-order valence-electron chi connectivity index (χ1n) is 4.37. The van der Waals surface area contributed by atoms with Crippen LogP contribution >= 0.6 is 11.3 Å². The quantitative estimate of drug-likeness (QED) is 0.811. The minimum absolute atomic E-state index is 0.285. The molecule has 16 heavy (non-hydrogen) atoms. The molecule has 0 saturated carbocycles. The van der Waals surface area contributed by atoms with E-state index < -0.39 is 0 Å². The van der Waals surface area contributed by atoms with Crippen molar-refractivity contribution in [2.75, 3.05) is 17.7 Å². The van der Waals surface area contributed by atoms with Crippen LogP contribution in [0.2, 0.25) is 0 Å². The zero-order chi connectivity index (χ0) is 11.4. The molecular formula is C8H8N6OS. The lowest BCUT2D eigenvalue weighted by molar-refractivity contribution is 0.102. The molecule has 2 heterocycles. The number of amides is 1. The number of rotatable bonds is 3. The molecule has 0 fully saturated rings. The SMILES string of the molecule is CNc1nnc(C(=O)Nc2cncnc2)s1. The summed E-state index contributed by atoms with van der Waals surface area (Å²) in [6, 6.07) is 0. The molecule has 0 spiro atoms. The first-order chi connectivity index (χ1) is 7.79. The van der Waals surface area contributed by atoms with Crippen molar-refractivity contribution in [2.24, 2.45) is 0 Å². The van der Waals surface area contributed by atoms with Gasteiger partial charge in [-0.15, -0.1) is 10.2 Å². The summed E-state index contributed by atoms with van der Waals surface area (Å²) in [6.07, 6.45) is 4.40. The van der Waals surface area contributed by atoms with Crippen LogP contribution in [0.3, 0.4) is 0 Å². The number of nitrogens with zero attached hydrogens (tertiary/aromatic N) is 4. The van der Waals surface area contributed by atoms with Crippen molar-refractivity contribution in [3.8, 4) is 0 Å². The average molecular weight is 236 g/mol. The molecule has 8 heteroatoms. The fourth-order valence-electron chi connectivity index (χ4n) is 0.964. The molecule has 7 nitrogen and oxygen atoms in total. The molecule has 2 N–H and O–H groups in total. The first-order valence-corrected chi connectivity index (χ1v) is 5.19. The lowest BCUT2D eigenvalue weighted by Crippen LogP contribution is -2.11. The van der Waals surface area contributed by atoms with Crippen LogP contribution in [-0.2, 0) is 0 Å². The zero-order valence-electron chi connectivity index (χ0n) is 8.34.